The maximum Gasteiger partial charge on any atom is 0.0949 e. The van der Waals surface area contributed by atoms with E-state index < -0.39 is 0 Å². The van der Waals surface area contributed by atoms with Crippen LogP contribution in [0.5, 0.6) is 0 Å². The van der Waals surface area contributed by atoms with Gasteiger partial charge in [0.2, 0.25) is 0 Å². The van der Waals surface area contributed by atoms with Gasteiger partial charge in [0.05, 0.1) is 13.2 Å². The molecule has 0 bridgehead atoms. The van der Waals surface area contributed by atoms with E-state index in [1.54, 1.807) is 7.11 Å². The second kappa shape index (κ2) is 6.58. The van der Waals surface area contributed by atoms with Crippen molar-refractivity contribution < 1.29 is 9.84 Å². The topological polar surface area (TPSA) is 32.4 Å². The fraction of sp³-hybridized carbons (Fsp3) is 1.00. The van der Waals surface area contributed by atoms with E-state index in [0.29, 0.717) is 19.2 Å². The van der Waals surface area contributed by atoms with Gasteiger partial charge in [-0.15, -0.1) is 0 Å². The normalized spacial score (nSPS) is 11.5. The zero-order chi connectivity index (χ0) is 8.69. The lowest BCUT2D eigenvalue weighted by atomic mass is 10.3. The van der Waals surface area contributed by atoms with Crippen molar-refractivity contribution in [1.82, 2.24) is 4.90 Å². The van der Waals surface area contributed by atoms with Crippen molar-refractivity contribution in [2.24, 2.45) is 0 Å². The van der Waals surface area contributed by atoms with E-state index in [2.05, 4.69) is 18.7 Å². The van der Waals surface area contributed by atoms with Gasteiger partial charge in [0.25, 0.3) is 0 Å². The molecule has 0 fully saturated rings. The molecule has 0 unspecified atom stereocenters. The molecule has 0 aromatic heterocycles. The third-order valence-corrected chi connectivity index (χ3v) is 1.69. The molecule has 0 aromatic rings. The lowest BCUT2D eigenvalue weighted by molar-refractivity contribution is 0.0921. The summed E-state index contributed by atoms with van der Waals surface area (Å²) in [4.78, 5) is 2.12. The third kappa shape index (κ3) is 5.18. The number of methoxy groups -OCH3 is 1. The molecule has 0 N–H and O–H groups in total. The summed E-state index contributed by atoms with van der Waals surface area (Å²) in [5.74, 6) is 0. The molecule has 0 aliphatic rings. The minimum Gasteiger partial charge on any atom is -0.383 e. The van der Waals surface area contributed by atoms with Crippen LogP contribution in [0.1, 0.15) is 13.8 Å². The van der Waals surface area contributed by atoms with E-state index in [-0.39, 0.29) is 6.61 Å². The highest BCUT2D eigenvalue weighted by atomic mass is 16.5. The standard InChI is InChI=1S/C8H18NO2/c1-8(2)9(4-6-10)5-7-11-3/h8H,4-7H2,1-3H3. The Hall–Kier alpha value is -0.120. The third-order valence-electron chi connectivity index (χ3n) is 1.69. The molecule has 0 aromatic carbocycles. The molecule has 0 amide bonds. The zero-order valence-corrected chi connectivity index (χ0v) is 7.67. The summed E-state index contributed by atoms with van der Waals surface area (Å²) in [7, 11) is 1.68. The van der Waals surface area contributed by atoms with Gasteiger partial charge < -0.3 is 4.74 Å². The van der Waals surface area contributed by atoms with Gasteiger partial charge >= 0.3 is 0 Å². The molecule has 11 heavy (non-hydrogen) atoms. The average molecular weight is 160 g/mol. The minimum atomic E-state index is -0.0259. The van der Waals surface area contributed by atoms with Crippen LogP contribution in [-0.2, 0) is 9.84 Å². The van der Waals surface area contributed by atoms with E-state index in [1.165, 1.54) is 0 Å². The van der Waals surface area contributed by atoms with Crippen molar-refractivity contribution in [2.75, 3.05) is 33.4 Å². The Morgan fingerprint density at radius 2 is 2.00 bits per heavy atom. The van der Waals surface area contributed by atoms with Crippen molar-refractivity contribution in [3.05, 3.63) is 0 Å². The van der Waals surface area contributed by atoms with E-state index in [0.717, 1.165) is 6.54 Å². The SMILES string of the molecule is COCCN(CC[O])C(C)C. The maximum atomic E-state index is 10.3. The van der Waals surface area contributed by atoms with Gasteiger partial charge in [0.1, 0.15) is 0 Å². The molecule has 0 heterocycles. The van der Waals surface area contributed by atoms with Gasteiger partial charge in [-0.05, 0) is 13.8 Å². The fourth-order valence-corrected chi connectivity index (χ4v) is 0.954. The van der Waals surface area contributed by atoms with Crippen molar-refractivity contribution in [1.29, 1.82) is 0 Å². The molecule has 3 heteroatoms. The van der Waals surface area contributed by atoms with Crippen molar-refractivity contribution in [3.63, 3.8) is 0 Å². The Balaban J connectivity index is 3.51. The molecule has 0 spiro atoms. The minimum absolute atomic E-state index is 0.0259. The van der Waals surface area contributed by atoms with E-state index in [9.17, 15) is 5.11 Å². The second-order valence-corrected chi connectivity index (χ2v) is 2.83. The van der Waals surface area contributed by atoms with Crippen LogP contribution in [0.3, 0.4) is 0 Å². The fourth-order valence-electron chi connectivity index (χ4n) is 0.954. The summed E-state index contributed by atoms with van der Waals surface area (Å²) in [5.41, 5.74) is 0. The van der Waals surface area contributed by atoms with Gasteiger partial charge in [-0.25, -0.2) is 5.11 Å². The lowest BCUT2D eigenvalue weighted by Gasteiger charge is -2.24. The number of hydrogen-bond acceptors (Lipinski definition) is 2. The first kappa shape index (κ1) is 10.9. The van der Waals surface area contributed by atoms with Crippen LogP contribution in [0.2, 0.25) is 0 Å². The van der Waals surface area contributed by atoms with Gasteiger partial charge in [-0.1, -0.05) is 0 Å². The largest absolute Gasteiger partial charge is 0.383 e. The summed E-state index contributed by atoms with van der Waals surface area (Å²) in [6.07, 6.45) is 0. The lowest BCUT2D eigenvalue weighted by Crippen LogP contribution is -2.35. The first-order chi connectivity index (χ1) is 5.22. The van der Waals surface area contributed by atoms with Crippen LogP contribution in [0.25, 0.3) is 0 Å². The van der Waals surface area contributed by atoms with Crippen molar-refractivity contribution in [2.45, 2.75) is 19.9 Å². The molecular formula is C8H18NO2. The van der Waals surface area contributed by atoms with E-state index in [4.69, 9.17) is 4.74 Å². The summed E-state index contributed by atoms with van der Waals surface area (Å²) in [6, 6.07) is 0.444. The molecule has 0 atom stereocenters. The summed E-state index contributed by atoms with van der Waals surface area (Å²) in [5, 5.41) is 10.3. The number of rotatable bonds is 6. The first-order valence-corrected chi connectivity index (χ1v) is 4.03. The molecule has 0 saturated heterocycles. The highest BCUT2D eigenvalue weighted by molar-refractivity contribution is 4.60. The predicted octanol–water partition coefficient (Wildman–Crippen LogP) is 0.774. The molecule has 67 valence electrons. The summed E-state index contributed by atoms with van der Waals surface area (Å²) < 4.78 is 4.93. The Labute approximate surface area is 69.0 Å². The first-order valence-electron chi connectivity index (χ1n) is 4.03. The molecule has 1 radical (unpaired) electrons. The maximum absolute atomic E-state index is 10.3. The second-order valence-electron chi connectivity index (χ2n) is 2.83. The molecule has 0 saturated carbocycles. The molecular weight excluding hydrogens is 142 g/mol. The Morgan fingerprint density at radius 3 is 2.36 bits per heavy atom. The van der Waals surface area contributed by atoms with Crippen LogP contribution in [-0.4, -0.2) is 44.4 Å². The number of ether oxygens (including phenoxy) is 1. The summed E-state index contributed by atoms with van der Waals surface area (Å²) in [6.45, 7) is 6.34. The van der Waals surface area contributed by atoms with Crippen LogP contribution in [0.4, 0.5) is 0 Å². The zero-order valence-electron chi connectivity index (χ0n) is 7.67. The van der Waals surface area contributed by atoms with Crippen molar-refractivity contribution in [3.8, 4) is 0 Å². The van der Waals surface area contributed by atoms with Gasteiger partial charge in [-0.3, -0.25) is 4.90 Å². The van der Waals surface area contributed by atoms with Gasteiger partial charge in [0, 0.05) is 26.2 Å². The Morgan fingerprint density at radius 1 is 1.36 bits per heavy atom. The summed E-state index contributed by atoms with van der Waals surface area (Å²) >= 11 is 0. The molecule has 0 aliphatic heterocycles. The highest BCUT2D eigenvalue weighted by Gasteiger charge is 2.07. The van der Waals surface area contributed by atoms with Crippen LogP contribution in [0, 0.1) is 0 Å². The Bertz CT molecular complexity index is 86.2. The van der Waals surface area contributed by atoms with Crippen LogP contribution in [0.15, 0.2) is 0 Å². The van der Waals surface area contributed by atoms with Gasteiger partial charge in [-0.2, -0.15) is 0 Å². The van der Waals surface area contributed by atoms with Gasteiger partial charge in [0.15, 0.2) is 0 Å². The highest BCUT2D eigenvalue weighted by Crippen LogP contribution is 1.96. The number of nitrogens with zero attached hydrogens (tertiary/aromatic N) is 1. The molecule has 0 aliphatic carbocycles. The van der Waals surface area contributed by atoms with Crippen molar-refractivity contribution >= 4 is 0 Å². The van der Waals surface area contributed by atoms with Crippen LogP contribution >= 0.6 is 0 Å². The van der Waals surface area contributed by atoms with E-state index in [1.807, 2.05) is 0 Å². The number of hydrogen-bond donors (Lipinski definition) is 0. The van der Waals surface area contributed by atoms with E-state index >= 15 is 0 Å². The molecule has 0 rings (SSSR count). The molecule has 3 nitrogen and oxygen atoms in total. The quantitative estimate of drug-likeness (QED) is 0.575. The smallest absolute Gasteiger partial charge is 0.0949 e. The monoisotopic (exact) mass is 160 g/mol. The average Bonchev–Trinajstić information content (AvgIpc) is 1.97. The van der Waals surface area contributed by atoms with Crippen LogP contribution < -0.4 is 0 Å². The predicted molar refractivity (Wildman–Crippen MR) is 44.1 cm³/mol. The Kier molecular flexibility index (Phi) is 6.51.